The molecule has 1 unspecified atom stereocenters. The van der Waals surface area contributed by atoms with E-state index >= 15 is 0 Å². The Morgan fingerprint density at radius 1 is 1.30 bits per heavy atom. The van der Waals surface area contributed by atoms with Gasteiger partial charge in [-0.25, -0.2) is 0 Å². The predicted molar refractivity (Wildman–Crippen MR) is 96.5 cm³/mol. The minimum absolute atomic E-state index is 0.357. The molecule has 0 fully saturated rings. The third-order valence-electron chi connectivity index (χ3n) is 3.50. The number of thiophene rings is 2. The van der Waals surface area contributed by atoms with Crippen molar-refractivity contribution in [1.29, 1.82) is 0 Å². The van der Waals surface area contributed by atoms with E-state index in [2.05, 4.69) is 59.0 Å². The Morgan fingerprint density at radius 2 is 2.10 bits per heavy atom. The van der Waals surface area contributed by atoms with Crippen LogP contribution in [0.4, 0.5) is 0 Å². The number of fused-ring (bicyclic) bond motifs is 1. The maximum atomic E-state index is 3.66. The third kappa shape index (κ3) is 3.02. The number of thioether (sulfide) groups is 1. The van der Waals surface area contributed by atoms with Gasteiger partial charge in [-0.2, -0.15) is 11.8 Å². The lowest BCUT2D eigenvalue weighted by Crippen LogP contribution is -2.20. The second kappa shape index (κ2) is 6.53. The summed E-state index contributed by atoms with van der Waals surface area (Å²) in [5, 5.41) is 3.66. The van der Waals surface area contributed by atoms with Crippen LogP contribution in [-0.2, 0) is 12.2 Å². The molecule has 3 heterocycles. The average Bonchev–Trinajstić information content (AvgIpc) is 3.00. The van der Waals surface area contributed by atoms with E-state index in [1.807, 2.05) is 22.7 Å². The van der Waals surface area contributed by atoms with Gasteiger partial charge in [0.25, 0.3) is 0 Å². The van der Waals surface area contributed by atoms with Crippen LogP contribution in [0.25, 0.3) is 0 Å². The predicted octanol–water partition coefficient (Wildman–Crippen LogP) is 5.37. The van der Waals surface area contributed by atoms with Crippen LogP contribution < -0.4 is 5.32 Å². The van der Waals surface area contributed by atoms with Crippen molar-refractivity contribution >= 4 is 50.4 Å². The van der Waals surface area contributed by atoms with Gasteiger partial charge in [0.05, 0.1) is 9.83 Å². The van der Waals surface area contributed by atoms with Gasteiger partial charge in [0.15, 0.2) is 0 Å². The first-order valence-corrected chi connectivity index (χ1v) is 10.5. The Balaban J connectivity index is 1.95. The summed E-state index contributed by atoms with van der Waals surface area (Å²) in [5.41, 5.74) is 2.90. The number of nitrogens with one attached hydrogen (secondary N) is 1. The number of halogens is 1. The molecule has 108 valence electrons. The molecule has 20 heavy (non-hydrogen) atoms. The van der Waals surface area contributed by atoms with Gasteiger partial charge in [-0.05, 0) is 64.8 Å². The molecular formula is C15H18BrNS3. The topological polar surface area (TPSA) is 12.0 Å². The Morgan fingerprint density at radius 3 is 2.75 bits per heavy atom. The van der Waals surface area contributed by atoms with E-state index < -0.39 is 0 Å². The van der Waals surface area contributed by atoms with Crippen molar-refractivity contribution in [3.8, 4) is 0 Å². The van der Waals surface area contributed by atoms with E-state index in [4.69, 9.17) is 0 Å². The van der Waals surface area contributed by atoms with Gasteiger partial charge in [-0.3, -0.25) is 0 Å². The van der Waals surface area contributed by atoms with E-state index in [1.165, 1.54) is 37.0 Å². The molecule has 0 bridgehead atoms. The van der Waals surface area contributed by atoms with Crippen LogP contribution in [0.3, 0.4) is 0 Å². The molecule has 2 aromatic rings. The lowest BCUT2D eigenvalue weighted by Gasteiger charge is -2.14. The first-order chi connectivity index (χ1) is 9.69. The van der Waals surface area contributed by atoms with Crippen LogP contribution in [0, 0.1) is 6.92 Å². The molecule has 0 amide bonds. The van der Waals surface area contributed by atoms with Crippen molar-refractivity contribution in [3.63, 3.8) is 0 Å². The molecule has 1 aliphatic heterocycles. The largest absolute Gasteiger partial charge is 0.305 e. The van der Waals surface area contributed by atoms with Gasteiger partial charge >= 0.3 is 0 Å². The maximum absolute atomic E-state index is 3.66. The molecule has 1 aliphatic rings. The van der Waals surface area contributed by atoms with Crippen LogP contribution in [0.1, 0.15) is 38.7 Å². The van der Waals surface area contributed by atoms with Crippen molar-refractivity contribution in [1.82, 2.24) is 5.32 Å². The minimum Gasteiger partial charge on any atom is -0.305 e. The van der Waals surface area contributed by atoms with E-state index in [0.29, 0.717) is 6.04 Å². The Kier molecular flexibility index (Phi) is 4.93. The minimum atomic E-state index is 0.357. The fraction of sp³-hybridized carbons (Fsp3) is 0.467. The summed E-state index contributed by atoms with van der Waals surface area (Å²) in [6, 6.07) is 5.11. The van der Waals surface area contributed by atoms with Crippen LogP contribution in [-0.4, -0.2) is 12.3 Å². The van der Waals surface area contributed by atoms with Crippen molar-refractivity contribution < 1.29 is 0 Å². The summed E-state index contributed by atoms with van der Waals surface area (Å²) >= 11 is 9.58. The standard InChI is InChI=1S/C15H18BrNS3/c1-3-17-14(12-6-9(2)15(16)20-12)13-7-10-8-18-5-4-11(10)19-13/h6-7,14,17H,3-5,8H2,1-2H3. The average molecular weight is 388 g/mol. The molecular weight excluding hydrogens is 370 g/mol. The lowest BCUT2D eigenvalue weighted by molar-refractivity contribution is 0.648. The van der Waals surface area contributed by atoms with Crippen LogP contribution in [0.5, 0.6) is 0 Å². The zero-order valence-electron chi connectivity index (χ0n) is 11.7. The summed E-state index contributed by atoms with van der Waals surface area (Å²) in [6.07, 6.45) is 1.25. The van der Waals surface area contributed by atoms with Gasteiger partial charge in [-0.15, -0.1) is 22.7 Å². The second-order valence-electron chi connectivity index (χ2n) is 5.00. The quantitative estimate of drug-likeness (QED) is 0.756. The number of hydrogen-bond donors (Lipinski definition) is 1. The first-order valence-electron chi connectivity index (χ1n) is 6.87. The van der Waals surface area contributed by atoms with Crippen molar-refractivity contribution in [2.75, 3.05) is 12.3 Å². The first kappa shape index (κ1) is 15.1. The summed E-state index contributed by atoms with van der Waals surface area (Å²) in [5.74, 6) is 2.47. The number of hydrogen-bond acceptors (Lipinski definition) is 4. The number of rotatable bonds is 4. The normalized spacial score (nSPS) is 16.1. The summed E-state index contributed by atoms with van der Waals surface area (Å²) in [4.78, 5) is 4.50. The SMILES string of the molecule is CCNC(c1cc(C)c(Br)s1)c1cc2c(s1)CCSC2. The fourth-order valence-corrected chi connectivity index (χ4v) is 6.70. The zero-order chi connectivity index (χ0) is 14.1. The number of aryl methyl sites for hydroxylation is 2. The van der Waals surface area contributed by atoms with E-state index in [0.717, 1.165) is 6.54 Å². The third-order valence-corrected chi connectivity index (χ3v) is 8.01. The van der Waals surface area contributed by atoms with Crippen LogP contribution >= 0.6 is 50.4 Å². The monoisotopic (exact) mass is 387 g/mol. The van der Waals surface area contributed by atoms with E-state index in [1.54, 1.807) is 10.4 Å². The summed E-state index contributed by atoms with van der Waals surface area (Å²) in [6.45, 7) is 5.35. The molecule has 0 aromatic carbocycles. The molecule has 0 spiro atoms. The smallest absolute Gasteiger partial charge is 0.0765 e. The van der Waals surface area contributed by atoms with E-state index in [9.17, 15) is 0 Å². The molecule has 1 N–H and O–H groups in total. The molecule has 1 atom stereocenters. The maximum Gasteiger partial charge on any atom is 0.0765 e. The highest BCUT2D eigenvalue weighted by molar-refractivity contribution is 9.11. The lowest BCUT2D eigenvalue weighted by atomic mass is 10.1. The van der Waals surface area contributed by atoms with Crippen LogP contribution in [0.2, 0.25) is 0 Å². The van der Waals surface area contributed by atoms with Crippen LogP contribution in [0.15, 0.2) is 15.9 Å². The Labute approximate surface area is 141 Å². The molecule has 2 aromatic heterocycles. The Hall–Kier alpha value is 0.190. The fourth-order valence-electron chi connectivity index (χ4n) is 2.48. The van der Waals surface area contributed by atoms with Gasteiger partial charge in [0.1, 0.15) is 0 Å². The molecule has 5 heteroatoms. The summed E-state index contributed by atoms with van der Waals surface area (Å²) in [7, 11) is 0. The van der Waals surface area contributed by atoms with Crippen molar-refractivity contribution in [2.24, 2.45) is 0 Å². The molecule has 0 saturated heterocycles. The summed E-state index contributed by atoms with van der Waals surface area (Å²) < 4.78 is 1.26. The van der Waals surface area contributed by atoms with Gasteiger partial charge < -0.3 is 5.32 Å². The molecule has 3 rings (SSSR count). The highest BCUT2D eigenvalue weighted by atomic mass is 79.9. The molecule has 0 radical (unpaired) electrons. The van der Waals surface area contributed by atoms with E-state index in [-0.39, 0.29) is 0 Å². The molecule has 0 saturated carbocycles. The zero-order valence-corrected chi connectivity index (χ0v) is 15.7. The van der Waals surface area contributed by atoms with Gasteiger partial charge in [0, 0.05) is 20.4 Å². The highest BCUT2D eigenvalue weighted by Gasteiger charge is 2.22. The van der Waals surface area contributed by atoms with Gasteiger partial charge in [-0.1, -0.05) is 6.92 Å². The molecule has 0 aliphatic carbocycles. The Bertz CT molecular complexity index is 559. The van der Waals surface area contributed by atoms with Gasteiger partial charge in [0.2, 0.25) is 0 Å². The molecule has 1 nitrogen and oxygen atoms in total. The second-order valence-corrected chi connectivity index (χ2v) is 9.67. The van der Waals surface area contributed by atoms with Crippen molar-refractivity contribution in [3.05, 3.63) is 41.7 Å². The van der Waals surface area contributed by atoms with Crippen molar-refractivity contribution in [2.45, 2.75) is 32.1 Å². The highest BCUT2D eigenvalue weighted by Crippen LogP contribution is 2.40.